The van der Waals surface area contributed by atoms with Gasteiger partial charge in [0, 0.05) is 37.5 Å². The number of hydrogen-bond donors (Lipinski definition) is 1. The Balaban J connectivity index is 2.03. The van der Waals surface area contributed by atoms with Gasteiger partial charge in [0.1, 0.15) is 0 Å². The molecule has 0 aliphatic carbocycles. The van der Waals surface area contributed by atoms with Crippen molar-refractivity contribution in [1.29, 1.82) is 0 Å². The second-order valence-electron chi connectivity index (χ2n) is 4.96. The number of pyridine rings is 1. The first-order chi connectivity index (χ1) is 10.3. The van der Waals surface area contributed by atoms with Crippen molar-refractivity contribution in [3.8, 4) is 0 Å². The minimum absolute atomic E-state index is 0.122. The summed E-state index contributed by atoms with van der Waals surface area (Å²) in [7, 11) is 0. The lowest BCUT2D eigenvalue weighted by molar-refractivity contribution is -0.151. The Labute approximate surface area is 126 Å². The van der Waals surface area contributed by atoms with Crippen LogP contribution >= 0.6 is 0 Å². The Hall–Kier alpha value is -1.49. The fourth-order valence-corrected chi connectivity index (χ4v) is 2.36. The Morgan fingerprint density at radius 1 is 1.14 bits per heavy atom. The molecule has 0 bridgehead atoms. The third kappa shape index (κ3) is 4.24. The van der Waals surface area contributed by atoms with E-state index in [1.54, 1.807) is 0 Å². The molecule has 114 valence electrons. The number of ether oxygens (including phenoxy) is 2. The standard InChI is InChI=1S/C17H24N2O2/c1-4-20-17(21-5-2)13(3)19-11-15-8-6-7-14-9-10-18-12-16(14)15/h6-10,12-13,17,19H,4-5,11H2,1-3H3/t13-/m0/s1. The predicted molar refractivity (Wildman–Crippen MR) is 85.1 cm³/mol. The summed E-state index contributed by atoms with van der Waals surface area (Å²) in [6, 6.07) is 8.46. The topological polar surface area (TPSA) is 43.4 Å². The van der Waals surface area contributed by atoms with Gasteiger partial charge in [-0.05, 0) is 37.8 Å². The van der Waals surface area contributed by atoms with Gasteiger partial charge in [0.2, 0.25) is 0 Å². The first-order valence-corrected chi connectivity index (χ1v) is 7.54. The number of nitrogens with zero attached hydrogens (tertiary/aromatic N) is 1. The molecule has 1 aromatic heterocycles. The molecule has 0 fully saturated rings. The highest BCUT2D eigenvalue weighted by Crippen LogP contribution is 2.17. The summed E-state index contributed by atoms with van der Waals surface area (Å²) in [5.41, 5.74) is 1.24. The quantitative estimate of drug-likeness (QED) is 0.758. The summed E-state index contributed by atoms with van der Waals surface area (Å²) in [5.74, 6) is 0. The highest BCUT2D eigenvalue weighted by Gasteiger charge is 2.17. The monoisotopic (exact) mass is 288 g/mol. The number of aromatic nitrogens is 1. The van der Waals surface area contributed by atoms with E-state index < -0.39 is 0 Å². The molecule has 2 aromatic rings. The van der Waals surface area contributed by atoms with Crippen LogP contribution in [0.2, 0.25) is 0 Å². The van der Waals surface area contributed by atoms with Gasteiger partial charge in [0.15, 0.2) is 6.29 Å². The predicted octanol–water partition coefficient (Wildman–Crippen LogP) is 3.11. The molecule has 0 aliphatic heterocycles. The van der Waals surface area contributed by atoms with Gasteiger partial charge in [-0.25, -0.2) is 0 Å². The van der Waals surface area contributed by atoms with Crippen LogP contribution in [0.15, 0.2) is 36.7 Å². The molecule has 0 amide bonds. The fourth-order valence-electron chi connectivity index (χ4n) is 2.36. The molecule has 2 rings (SSSR count). The maximum Gasteiger partial charge on any atom is 0.172 e. The Morgan fingerprint density at radius 3 is 2.62 bits per heavy atom. The van der Waals surface area contributed by atoms with E-state index in [0.717, 1.165) is 6.54 Å². The van der Waals surface area contributed by atoms with Gasteiger partial charge >= 0.3 is 0 Å². The van der Waals surface area contributed by atoms with Crippen molar-refractivity contribution in [3.63, 3.8) is 0 Å². The van der Waals surface area contributed by atoms with E-state index in [1.165, 1.54) is 16.3 Å². The van der Waals surface area contributed by atoms with Gasteiger partial charge < -0.3 is 14.8 Å². The van der Waals surface area contributed by atoms with E-state index in [0.29, 0.717) is 13.2 Å². The molecule has 1 heterocycles. The molecule has 21 heavy (non-hydrogen) atoms. The highest BCUT2D eigenvalue weighted by atomic mass is 16.7. The lowest BCUT2D eigenvalue weighted by atomic mass is 10.1. The lowest BCUT2D eigenvalue weighted by Gasteiger charge is -2.24. The van der Waals surface area contributed by atoms with E-state index in [-0.39, 0.29) is 12.3 Å². The van der Waals surface area contributed by atoms with Crippen LogP contribution < -0.4 is 5.32 Å². The summed E-state index contributed by atoms with van der Waals surface area (Å²) in [5, 5.41) is 5.88. The molecule has 1 atom stereocenters. The highest BCUT2D eigenvalue weighted by molar-refractivity contribution is 5.84. The average molecular weight is 288 g/mol. The lowest BCUT2D eigenvalue weighted by Crippen LogP contribution is -2.40. The Kier molecular flexibility index (Phi) is 6.11. The van der Waals surface area contributed by atoms with Gasteiger partial charge in [-0.3, -0.25) is 4.98 Å². The minimum atomic E-state index is -0.215. The van der Waals surface area contributed by atoms with Crippen LogP contribution in [0.3, 0.4) is 0 Å². The molecule has 0 spiro atoms. The molecule has 0 saturated carbocycles. The van der Waals surface area contributed by atoms with Crippen molar-refractivity contribution in [3.05, 3.63) is 42.2 Å². The Bertz CT molecular complexity index is 548. The number of hydrogen-bond acceptors (Lipinski definition) is 4. The third-order valence-electron chi connectivity index (χ3n) is 3.46. The van der Waals surface area contributed by atoms with Crippen LogP contribution in [-0.2, 0) is 16.0 Å². The van der Waals surface area contributed by atoms with Crippen LogP contribution in [0.4, 0.5) is 0 Å². The van der Waals surface area contributed by atoms with E-state index in [1.807, 2.05) is 32.3 Å². The van der Waals surface area contributed by atoms with Gasteiger partial charge in [0.25, 0.3) is 0 Å². The van der Waals surface area contributed by atoms with E-state index in [9.17, 15) is 0 Å². The molecular weight excluding hydrogens is 264 g/mol. The summed E-state index contributed by atoms with van der Waals surface area (Å²) in [6.07, 6.45) is 3.52. The molecule has 1 N–H and O–H groups in total. The first kappa shape index (κ1) is 15.9. The van der Waals surface area contributed by atoms with Crippen LogP contribution in [0, 0.1) is 0 Å². The zero-order valence-electron chi connectivity index (χ0n) is 13.0. The average Bonchev–Trinajstić information content (AvgIpc) is 2.52. The van der Waals surface area contributed by atoms with E-state index >= 15 is 0 Å². The molecule has 1 aromatic carbocycles. The SMILES string of the molecule is CCOC(OCC)[C@H](C)NCc1cccc2ccncc12. The van der Waals surface area contributed by atoms with Crippen LogP contribution in [-0.4, -0.2) is 30.5 Å². The van der Waals surface area contributed by atoms with Gasteiger partial charge in [-0.15, -0.1) is 0 Å². The maximum absolute atomic E-state index is 5.62. The third-order valence-corrected chi connectivity index (χ3v) is 3.46. The summed E-state index contributed by atoms with van der Waals surface area (Å²) in [6.45, 7) is 8.11. The molecule has 0 radical (unpaired) electrons. The molecule has 0 aliphatic rings. The molecule has 0 unspecified atom stereocenters. The normalized spacial score (nSPS) is 13.0. The van der Waals surface area contributed by atoms with Crippen molar-refractivity contribution in [1.82, 2.24) is 10.3 Å². The minimum Gasteiger partial charge on any atom is -0.351 e. The fraction of sp³-hybridized carbons (Fsp3) is 0.471. The van der Waals surface area contributed by atoms with Gasteiger partial charge in [-0.1, -0.05) is 18.2 Å². The second-order valence-corrected chi connectivity index (χ2v) is 4.96. The van der Waals surface area contributed by atoms with Crippen LogP contribution in [0.25, 0.3) is 10.8 Å². The van der Waals surface area contributed by atoms with Crippen molar-refractivity contribution in [2.45, 2.75) is 39.6 Å². The number of fused-ring (bicyclic) bond motifs is 1. The van der Waals surface area contributed by atoms with Crippen molar-refractivity contribution in [2.24, 2.45) is 0 Å². The molecular formula is C17H24N2O2. The smallest absolute Gasteiger partial charge is 0.172 e. The van der Waals surface area contributed by atoms with Crippen molar-refractivity contribution in [2.75, 3.05) is 13.2 Å². The van der Waals surface area contributed by atoms with Gasteiger partial charge in [0.05, 0.1) is 6.04 Å². The molecule has 0 saturated heterocycles. The number of rotatable bonds is 8. The number of benzene rings is 1. The Morgan fingerprint density at radius 2 is 1.90 bits per heavy atom. The van der Waals surface area contributed by atoms with E-state index in [2.05, 4.69) is 35.4 Å². The maximum atomic E-state index is 5.62. The number of nitrogens with one attached hydrogen (secondary N) is 1. The largest absolute Gasteiger partial charge is 0.351 e. The van der Waals surface area contributed by atoms with Gasteiger partial charge in [-0.2, -0.15) is 0 Å². The van der Waals surface area contributed by atoms with Crippen molar-refractivity contribution < 1.29 is 9.47 Å². The molecule has 4 nitrogen and oxygen atoms in total. The zero-order valence-corrected chi connectivity index (χ0v) is 13.0. The first-order valence-electron chi connectivity index (χ1n) is 7.54. The van der Waals surface area contributed by atoms with E-state index in [4.69, 9.17) is 9.47 Å². The van der Waals surface area contributed by atoms with Crippen LogP contribution in [0.1, 0.15) is 26.3 Å². The second kappa shape index (κ2) is 8.08. The summed E-state index contributed by atoms with van der Waals surface area (Å²) >= 11 is 0. The molecule has 4 heteroatoms. The zero-order chi connectivity index (χ0) is 15.1. The summed E-state index contributed by atoms with van der Waals surface area (Å²) in [4.78, 5) is 4.22. The summed E-state index contributed by atoms with van der Waals surface area (Å²) < 4.78 is 11.2. The van der Waals surface area contributed by atoms with Crippen molar-refractivity contribution >= 4 is 10.8 Å². The van der Waals surface area contributed by atoms with Crippen LogP contribution in [0.5, 0.6) is 0 Å².